The van der Waals surface area contributed by atoms with Crippen LogP contribution in [0.4, 0.5) is 4.79 Å². The molecule has 6 rings (SSSR count). The maximum absolute atomic E-state index is 13.9. The van der Waals surface area contributed by atoms with E-state index in [-0.39, 0.29) is 36.8 Å². The zero-order valence-electron chi connectivity index (χ0n) is 26.2. The Morgan fingerprint density at radius 2 is 1.51 bits per heavy atom. The molecule has 1 aliphatic heterocycles. The van der Waals surface area contributed by atoms with Crippen molar-refractivity contribution in [1.82, 2.24) is 21.3 Å². The van der Waals surface area contributed by atoms with Gasteiger partial charge in [-0.3, -0.25) is 19.2 Å². The van der Waals surface area contributed by atoms with E-state index in [0.717, 1.165) is 47.6 Å². The van der Waals surface area contributed by atoms with Crippen molar-refractivity contribution in [3.8, 4) is 0 Å². The van der Waals surface area contributed by atoms with E-state index in [1.54, 1.807) is 0 Å². The van der Waals surface area contributed by atoms with Gasteiger partial charge in [0.25, 0.3) is 0 Å². The summed E-state index contributed by atoms with van der Waals surface area (Å²) in [5.41, 5.74) is 7.14. The fourth-order valence-corrected chi connectivity index (χ4v) is 6.45. The number of fused-ring (bicyclic) bond motifs is 1. The van der Waals surface area contributed by atoms with Crippen molar-refractivity contribution in [2.75, 3.05) is 0 Å². The highest BCUT2D eigenvalue weighted by Gasteiger charge is 2.52. The molecule has 246 valence electrons. The number of hydrogen-bond acceptors (Lipinski definition) is 6. The highest BCUT2D eigenvalue weighted by molar-refractivity contribution is 5.95. The second-order valence-electron chi connectivity index (χ2n) is 13.2. The smallest absolute Gasteiger partial charge is 0.408 e. The number of nitrogens with one attached hydrogen (secondary N) is 4. The van der Waals surface area contributed by atoms with E-state index in [1.807, 2.05) is 72.8 Å². The molecule has 1 heterocycles. The van der Waals surface area contributed by atoms with Gasteiger partial charge in [-0.2, -0.15) is 0 Å². The molecule has 11 nitrogen and oxygen atoms in total. The first-order valence-corrected chi connectivity index (χ1v) is 16.3. The van der Waals surface area contributed by atoms with Crippen LogP contribution in [-0.2, 0) is 36.9 Å². The zero-order chi connectivity index (χ0) is 33.0. The van der Waals surface area contributed by atoms with Crippen molar-refractivity contribution < 1.29 is 28.7 Å². The topological polar surface area (TPSA) is 169 Å². The van der Waals surface area contributed by atoms with E-state index in [1.165, 1.54) is 0 Å². The number of amides is 5. The number of nitrogens with two attached hydrogens (primary N) is 1. The van der Waals surface area contributed by atoms with E-state index in [2.05, 4.69) is 21.3 Å². The van der Waals surface area contributed by atoms with Crippen LogP contribution in [0.5, 0.6) is 0 Å². The fraction of sp³-hybridized carbons (Fsp3) is 0.417. The summed E-state index contributed by atoms with van der Waals surface area (Å²) < 4.78 is 5.44. The first-order valence-electron chi connectivity index (χ1n) is 16.3. The third kappa shape index (κ3) is 8.27. The van der Waals surface area contributed by atoms with Crippen molar-refractivity contribution in [2.24, 2.45) is 17.6 Å². The van der Waals surface area contributed by atoms with Gasteiger partial charge in [0.15, 0.2) is 0 Å². The van der Waals surface area contributed by atoms with E-state index in [4.69, 9.17) is 10.5 Å². The zero-order valence-corrected chi connectivity index (χ0v) is 26.2. The quantitative estimate of drug-likeness (QED) is 0.182. The van der Waals surface area contributed by atoms with Crippen molar-refractivity contribution in [2.45, 2.75) is 81.6 Å². The van der Waals surface area contributed by atoms with Gasteiger partial charge in [-0.15, -0.1) is 0 Å². The molecule has 3 fully saturated rings. The fourth-order valence-electron chi connectivity index (χ4n) is 6.45. The number of rotatable bonds is 14. The lowest BCUT2D eigenvalue weighted by molar-refractivity contribution is -0.132. The normalized spacial score (nSPS) is 19.7. The van der Waals surface area contributed by atoms with Gasteiger partial charge in [0.1, 0.15) is 24.7 Å². The minimum absolute atomic E-state index is 0.0244. The molecule has 5 amide bonds. The number of hydrogen-bond donors (Lipinski definition) is 5. The van der Waals surface area contributed by atoms with Crippen LogP contribution in [0.1, 0.15) is 56.1 Å². The maximum Gasteiger partial charge on any atom is 0.408 e. The van der Waals surface area contributed by atoms with Gasteiger partial charge in [0.2, 0.25) is 23.6 Å². The molecular weight excluding hydrogens is 598 g/mol. The molecule has 47 heavy (non-hydrogen) atoms. The third-order valence-corrected chi connectivity index (χ3v) is 9.45. The summed E-state index contributed by atoms with van der Waals surface area (Å²) in [5.74, 6) is -2.17. The Balaban J connectivity index is 1.16. The molecular formula is C36H41N5O6. The van der Waals surface area contributed by atoms with Crippen LogP contribution in [0.15, 0.2) is 72.8 Å². The van der Waals surface area contributed by atoms with Crippen LogP contribution in [0.3, 0.4) is 0 Å². The molecule has 0 radical (unpaired) electrons. The van der Waals surface area contributed by atoms with E-state index in [9.17, 15) is 24.0 Å². The summed E-state index contributed by atoms with van der Waals surface area (Å²) in [4.78, 5) is 65.5. The molecule has 2 saturated carbocycles. The average molecular weight is 640 g/mol. The highest BCUT2D eigenvalue weighted by atomic mass is 16.5. The lowest BCUT2D eigenvalue weighted by Crippen LogP contribution is -2.57. The molecule has 11 heteroatoms. The lowest BCUT2D eigenvalue weighted by Gasteiger charge is -2.25. The summed E-state index contributed by atoms with van der Waals surface area (Å²) in [6.07, 6.45) is 4.11. The van der Waals surface area contributed by atoms with E-state index >= 15 is 0 Å². The van der Waals surface area contributed by atoms with Crippen LogP contribution >= 0.6 is 0 Å². The largest absolute Gasteiger partial charge is 0.445 e. The minimum Gasteiger partial charge on any atom is -0.445 e. The number of alkyl carbamates (subject to hydrolysis) is 1. The molecule has 4 atom stereocenters. The van der Waals surface area contributed by atoms with Crippen LogP contribution in [0, 0.1) is 11.8 Å². The summed E-state index contributed by atoms with van der Waals surface area (Å²) in [5, 5.41) is 13.2. The van der Waals surface area contributed by atoms with Crippen LogP contribution in [-0.4, -0.2) is 53.4 Å². The Labute approximate surface area is 273 Å². The SMILES string of the molecule is NC(=O)[C@H](C[C@@H]1CC2(CC2)NC1=O)NC(=O)[C@H](CC1CC1)NC(=O)[C@H](Cc1cccc2ccccc12)NC(=O)OCc1ccccc1. The molecule has 2 aliphatic carbocycles. The van der Waals surface area contributed by atoms with Gasteiger partial charge < -0.3 is 31.7 Å². The summed E-state index contributed by atoms with van der Waals surface area (Å²) in [7, 11) is 0. The number of benzene rings is 3. The van der Waals surface area contributed by atoms with Gasteiger partial charge in [0.05, 0.1) is 0 Å². The molecule has 1 saturated heterocycles. The lowest BCUT2D eigenvalue weighted by atomic mass is 9.94. The van der Waals surface area contributed by atoms with Gasteiger partial charge in [-0.1, -0.05) is 85.6 Å². The van der Waals surface area contributed by atoms with E-state index in [0.29, 0.717) is 12.8 Å². The molecule has 3 aliphatic rings. The van der Waals surface area contributed by atoms with Gasteiger partial charge in [0, 0.05) is 17.9 Å². The first kappa shape index (κ1) is 32.0. The summed E-state index contributed by atoms with van der Waals surface area (Å²) in [6, 6.07) is 19.6. The van der Waals surface area contributed by atoms with Gasteiger partial charge >= 0.3 is 6.09 Å². The van der Waals surface area contributed by atoms with Crippen LogP contribution < -0.4 is 27.0 Å². The molecule has 6 N–H and O–H groups in total. The van der Waals surface area contributed by atoms with Crippen LogP contribution in [0.2, 0.25) is 0 Å². The second-order valence-corrected chi connectivity index (χ2v) is 13.2. The Hall–Kier alpha value is -4.93. The maximum atomic E-state index is 13.9. The van der Waals surface area contributed by atoms with Crippen molar-refractivity contribution >= 4 is 40.5 Å². The molecule has 3 aromatic rings. The Morgan fingerprint density at radius 3 is 2.21 bits per heavy atom. The second kappa shape index (κ2) is 13.8. The average Bonchev–Trinajstić information content (AvgIpc) is 4.00. The monoisotopic (exact) mass is 639 g/mol. The predicted molar refractivity (Wildman–Crippen MR) is 174 cm³/mol. The number of primary amides is 1. The molecule has 0 unspecified atom stereocenters. The Kier molecular flexibility index (Phi) is 9.42. The molecule has 1 spiro atoms. The minimum atomic E-state index is -1.07. The van der Waals surface area contributed by atoms with Crippen molar-refractivity contribution in [1.29, 1.82) is 0 Å². The van der Waals surface area contributed by atoms with Gasteiger partial charge in [-0.05, 0) is 59.9 Å². The van der Waals surface area contributed by atoms with Crippen LogP contribution in [0.25, 0.3) is 10.8 Å². The molecule has 0 aromatic heterocycles. The standard InChI is InChI=1S/C36H41N5O6/c37-31(42)28(19-26-20-36(15-16-36)41-32(26)43)38-33(44)29(17-22-13-14-22)39-34(45)30(40-35(46)47-21-23-7-2-1-3-8-23)18-25-11-6-10-24-9-4-5-12-27(24)25/h1-12,22,26,28-30H,13-21H2,(H2,37,42)(H,38,44)(H,39,45)(H,40,46)(H,41,43)/t26-,28+,29+,30+/m1/s1. The van der Waals surface area contributed by atoms with Gasteiger partial charge in [-0.25, -0.2) is 4.79 Å². The number of carbonyl (C=O) groups excluding carboxylic acids is 5. The predicted octanol–water partition coefficient (Wildman–Crippen LogP) is 2.99. The summed E-state index contributed by atoms with van der Waals surface area (Å²) >= 11 is 0. The highest BCUT2D eigenvalue weighted by Crippen LogP contribution is 2.46. The molecule has 0 bridgehead atoms. The first-order chi connectivity index (χ1) is 22.7. The van der Waals surface area contributed by atoms with E-state index < -0.39 is 47.9 Å². The Bertz CT molecular complexity index is 1650. The number of ether oxygens (including phenoxy) is 1. The summed E-state index contributed by atoms with van der Waals surface area (Å²) in [6.45, 7) is 0.0244. The molecule has 3 aromatic carbocycles. The van der Waals surface area contributed by atoms with Crippen molar-refractivity contribution in [3.63, 3.8) is 0 Å². The van der Waals surface area contributed by atoms with Crippen molar-refractivity contribution in [3.05, 3.63) is 83.9 Å². The Morgan fingerprint density at radius 1 is 0.830 bits per heavy atom. The third-order valence-electron chi connectivity index (χ3n) is 9.45. The number of carbonyl (C=O) groups is 5.